The van der Waals surface area contributed by atoms with E-state index in [1.807, 2.05) is 0 Å². The van der Waals surface area contributed by atoms with Gasteiger partial charge in [-0.2, -0.15) is 0 Å². The van der Waals surface area contributed by atoms with Gasteiger partial charge in [0.2, 0.25) is 5.91 Å². The molecule has 0 atom stereocenters. The van der Waals surface area contributed by atoms with Crippen LogP contribution in [0.25, 0.3) is 0 Å². The molecule has 0 bridgehead atoms. The molecule has 0 fully saturated rings. The molecule has 0 spiro atoms. The van der Waals surface area contributed by atoms with Gasteiger partial charge in [-0.3, -0.25) is 20.3 Å². The first-order valence-electron chi connectivity index (χ1n) is 10.3. The van der Waals surface area contributed by atoms with E-state index in [-0.39, 0.29) is 31.0 Å². The summed E-state index contributed by atoms with van der Waals surface area (Å²) in [6.45, 7) is 7.18. The number of guanidine groups is 1. The third-order valence-electron chi connectivity index (χ3n) is 4.52. The lowest BCUT2D eigenvalue weighted by molar-refractivity contribution is -0.143. The third kappa shape index (κ3) is 10.6. The largest absolute Gasteiger partial charge is 0.456 e. The zero-order valence-electron chi connectivity index (χ0n) is 18.0. The Hall–Kier alpha value is -2.51. The smallest absolute Gasteiger partial charge is 0.326 e. The van der Waals surface area contributed by atoms with Gasteiger partial charge in [-0.25, -0.2) is 0 Å². The second kappa shape index (κ2) is 13.6. The molecule has 29 heavy (non-hydrogen) atoms. The van der Waals surface area contributed by atoms with Crippen molar-refractivity contribution < 1.29 is 23.8 Å². The van der Waals surface area contributed by atoms with E-state index >= 15 is 0 Å². The summed E-state index contributed by atoms with van der Waals surface area (Å²) in [6, 6.07) is 0. The van der Waals surface area contributed by atoms with Crippen molar-refractivity contribution >= 4 is 17.8 Å². The lowest BCUT2D eigenvalue weighted by Crippen LogP contribution is -2.43. The Morgan fingerprint density at radius 3 is 2.31 bits per heavy atom. The molecule has 2 N–H and O–H groups in total. The summed E-state index contributed by atoms with van der Waals surface area (Å²) in [5.41, 5.74) is 0. The lowest BCUT2D eigenvalue weighted by atomic mass is 10.1. The average molecular weight is 410 g/mol. The number of amides is 1. The number of allylic oxidation sites excluding steroid dienone is 1. The molecule has 0 saturated carbocycles. The number of carbonyl (C=O) groups excluding carboxylic acids is 2. The first kappa shape index (κ1) is 24.5. The summed E-state index contributed by atoms with van der Waals surface area (Å²) < 4.78 is 15.4. The lowest BCUT2D eigenvalue weighted by Gasteiger charge is -2.19. The highest BCUT2D eigenvalue weighted by atomic mass is 16.7. The predicted octanol–water partition coefficient (Wildman–Crippen LogP) is 3.79. The van der Waals surface area contributed by atoms with Gasteiger partial charge in [0.05, 0.1) is 0 Å². The quantitative estimate of drug-likeness (QED) is 0.208. The van der Waals surface area contributed by atoms with Gasteiger partial charge < -0.3 is 19.1 Å². The van der Waals surface area contributed by atoms with Crippen LogP contribution < -0.4 is 5.32 Å². The van der Waals surface area contributed by atoms with Crippen LogP contribution in [0.5, 0.6) is 0 Å². The Balaban J connectivity index is 2.14. The molecule has 1 heterocycles. The highest BCUT2D eigenvalue weighted by molar-refractivity contribution is 5.96. The summed E-state index contributed by atoms with van der Waals surface area (Å²) in [6.07, 6.45) is 9.64. The second-order valence-corrected chi connectivity index (χ2v) is 7.19. The summed E-state index contributed by atoms with van der Waals surface area (Å²) >= 11 is 0. The molecule has 1 rings (SSSR count). The van der Waals surface area contributed by atoms with Gasteiger partial charge in [0.15, 0.2) is 18.3 Å². The maximum absolute atomic E-state index is 11.9. The molecule has 0 unspecified atom stereocenters. The molecular weight excluding hydrogens is 374 g/mol. The molecule has 1 aliphatic heterocycles. The Labute approximate surface area is 173 Å². The first-order valence-corrected chi connectivity index (χ1v) is 10.3. The molecule has 1 amide bonds. The highest BCUT2D eigenvalue weighted by Gasteiger charge is 2.20. The van der Waals surface area contributed by atoms with Crippen LogP contribution in [0.1, 0.15) is 71.6 Å². The van der Waals surface area contributed by atoms with E-state index in [1.54, 1.807) is 14.0 Å². The minimum Gasteiger partial charge on any atom is -0.456 e. The van der Waals surface area contributed by atoms with Gasteiger partial charge in [-0.15, -0.1) is 0 Å². The van der Waals surface area contributed by atoms with E-state index in [9.17, 15) is 9.59 Å². The van der Waals surface area contributed by atoms with Gasteiger partial charge in [-0.1, -0.05) is 51.9 Å². The van der Waals surface area contributed by atoms with Gasteiger partial charge >= 0.3 is 5.97 Å². The predicted molar refractivity (Wildman–Crippen MR) is 111 cm³/mol. The van der Waals surface area contributed by atoms with Crippen molar-refractivity contribution in [3.8, 4) is 0 Å². The minimum atomic E-state index is -0.545. The maximum Gasteiger partial charge on any atom is 0.326 e. The summed E-state index contributed by atoms with van der Waals surface area (Å²) in [7, 11) is 1.54. The summed E-state index contributed by atoms with van der Waals surface area (Å²) in [4.78, 5) is 25.2. The molecule has 1 aliphatic rings. The number of nitrogens with zero attached hydrogens (tertiary/aromatic N) is 1. The molecule has 0 aromatic rings. The van der Waals surface area contributed by atoms with Crippen LogP contribution in [0.4, 0.5) is 0 Å². The van der Waals surface area contributed by atoms with E-state index in [4.69, 9.17) is 19.6 Å². The number of likely N-dealkylation sites (N-methyl/N-ethyl adjacent to an activating group) is 1. The van der Waals surface area contributed by atoms with Gasteiger partial charge in [0, 0.05) is 13.5 Å². The van der Waals surface area contributed by atoms with Crippen molar-refractivity contribution in [2.75, 3.05) is 20.2 Å². The van der Waals surface area contributed by atoms with Gasteiger partial charge in [0.1, 0.15) is 12.3 Å². The van der Waals surface area contributed by atoms with E-state index in [0.717, 1.165) is 19.3 Å². The van der Waals surface area contributed by atoms with Crippen LogP contribution in [0.2, 0.25) is 0 Å². The van der Waals surface area contributed by atoms with E-state index in [2.05, 4.69) is 18.8 Å². The van der Waals surface area contributed by atoms with Crippen LogP contribution in [0.3, 0.4) is 0 Å². The van der Waals surface area contributed by atoms with Crippen molar-refractivity contribution in [2.45, 2.75) is 71.6 Å². The number of hydrogen-bond donors (Lipinski definition) is 2. The molecule has 0 aliphatic carbocycles. The number of rotatable bonds is 13. The topological polar surface area (TPSA) is 101 Å². The SMILES string of the molecule is C=C1OC(C)=C(COC(=O)CN(C)C(=N)NC(=O)CCCCCCCCCC)O1. The molecule has 0 saturated heterocycles. The highest BCUT2D eigenvalue weighted by Crippen LogP contribution is 2.22. The van der Waals surface area contributed by atoms with Crippen molar-refractivity contribution in [3.05, 3.63) is 24.0 Å². The number of ether oxygens (including phenoxy) is 3. The molecule has 0 aromatic heterocycles. The van der Waals surface area contributed by atoms with Crippen LogP contribution in [0, 0.1) is 5.41 Å². The van der Waals surface area contributed by atoms with Crippen molar-refractivity contribution in [1.29, 1.82) is 5.41 Å². The van der Waals surface area contributed by atoms with Crippen LogP contribution in [-0.2, 0) is 23.8 Å². The first-order chi connectivity index (χ1) is 13.8. The van der Waals surface area contributed by atoms with E-state index < -0.39 is 5.97 Å². The maximum atomic E-state index is 11.9. The zero-order chi connectivity index (χ0) is 21.6. The van der Waals surface area contributed by atoms with Crippen LogP contribution >= 0.6 is 0 Å². The van der Waals surface area contributed by atoms with E-state index in [0.29, 0.717) is 17.9 Å². The Morgan fingerprint density at radius 2 is 1.72 bits per heavy atom. The monoisotopic (exact) mass is 409 g/mol. The molecule has 0 radical (unpaired) electrons. The van der Waals surface area contributed by atoms with Gasteiger partial charge in [-0.05, 0) is 19.9 Å². The molecule has 8 nitrogen and oxygen atoms in total. The number of esters is 1. The molecular formula is C21H35N3O5. The Kier molecular flexibility index (Phi) is 11.5. The average Bonchev–Trinajstić information content (AvgIpc) is 2.99. The second-order valence-electron chi connectivity index (χ2n) is 7.19. The van der Waals surface area contributed by atoms with Crippen LogP contribution in [-0.4, -0.2) is 42.9 Å². The summed E-state index contributed by atoms with van der Waals surface area (Å²) in [5, 5.41) is 10.4. The Morgan fingerprint density at radius 1 is 1.10 bits per heavy atom. The van der Waals surface area contributed by atoms with Crippen molar-refractivity contribution in [2.24, 2.45) is 0 Å². The molecule has 0 aromatic carbocycles. The third-order valence-corrected chi connectivity index (χ3v) is 4.52. The normalized spacial score (nSPS) is 13.0. The molecule has 164 valence electrons. The van der Waals surface area contributed by atoms with Crippen molar-refractivity contribution in [3.63, 3.8) is 0 Å². The number of hydrogen-bond acceptors (Lipinski definition) is 6. The fourth-order valence-electron chi connectivity index (χ4n) is 2.76. The number of carbonyl (C=O) groups is 2. The molecule has 8 heteroatoms. The fraction of sp³-hybridized carbons (Fsp3) is 0.667. The Bertz CT molecular complexity index is 615. The van der Waals surface area contributed by atoms with Crippen LogP contribution in [0.15, 0.2) is 24.0 Å². The number of unbranched alkanes of at least 4 members (excludes halogenated alkanes) is 7. The van der Waals surface area contributed by atoms with Gasteiger partial charge in [0.25, 0.3) is 5.95 Å². The minimum absolute atomic E-state index is 0.0737. The van der Waals surface area contributed by atoms with Crippen molar-refractivity contribution in [1.82, 2.24) is 10.2 Å². The van der Waals surface area contributed by atoms with E-state index in [1.165, 1.54) is 37.0 Å². The standard InChI is InChI=1S/C21H35N3O5/c1-5-6-7-8-9-10-11-12-13-19(25)23-21(22)24(4)14-20(26)27-15-18-16(2)28-17(3)29-18/h3,5-15H2,1-2,4H3,(H2,22,23,25). The number of nitrogens with one attached hydrogen (secondary N) is 2. The fourth-order valence-corrected chi connectivity index (χ4v) is 2.76. The summed E-state index contributed by atoms with van der Waals surface area (Å²) in [5.74, 6) is 0.146. The zero-order valence-corrected chi connectivity index (χ0v) is 18.0.